The number of methoxy groups -OCH3 is 1. The van der Waals surface area contributed by atoms with Gasteiger partial charge in [0.1, 0.15) is 11.6 Å². The van der Waals surface area contributed by atoms with Crippen LogP contribution in [0.5, 0.6) is 5.75 Å². The molecule has 6 heteroatoms. The van der Waals surface area contributed by atoms with E-state index in [1.807, 2.05) is 0 Å². The van der Waals surface area contributed by atoms with E-state index in [2.05, 4.69) is 10.6 Å². The lowest BCUT2D eigenvalue weighted by Gasteiger charge is -2.09. The summed E-state index contributed by atoms with van der Waals surface area (Å²) in [7, 11) is 1.53. The fourth-order valence-electron chi connectivity index (χ4n) is 1.70. The zero-order valence-electron chi connectivity index (χ0n) is 11.3. The minimum atomic E-state index is -0.348. The number of ether oxygens (including phenoxy) is 1. The second-order valence-electron chi connectivity index (χ2n) is 4.26. The topological polar surface area (TPSA) is 50.4 Å². The van der Waals surface area contributed by atoms with Gasteiger partial charge in [-0.15, -0.1) is 0 Å². The molecule has 1 amide bonds. The normalized spacial score (nSPS) is 10.0. The Morgan fingerprint density at radius 2 is 1.86 bits per heavy atom. The van der Waals surface area contributed by atoms with Crippen molar-refractivity contribution in [3.8, 4) is 5.75 Å². The van der Waals surface area contributed by atoms with Crippen LogP contribution in [0.4, 0.5) is 15.8 Å². The molecule has 0 aliphatic heterocycles. The monoisotopic (exact) mass is 308 g/mol. The van der Waals surface area contributed by atoms with Gasteiger partial charge in [0.2, 0.25) is 5.91 Å². The first kappa shape index (κ1) is 15.1. The molecule has 0 heterocycles. The van der Waals surface area contributed by atoms with Crippen molar-refractivity contribution in [1.82, 2.24) is 0 Å². The maximum absolute atomic E-state index is 12.7. The van der Waals surface area contributed by atoms with Crippen molar-refractivity contribution >= 4 is 28.9 Å². The summed E-state index contributed by atoms with van der Waals surface area (Å²) >= 11 is 5.99. The molecule has 0 radical (unpaired) electrons. The van der Waals surface area contributed by atoms with E-state index in [4.69, 9.17) is 16.3 Å². The van der Waals surface area contributed by atoms with Crippen molar-refractivity contribution in [2.24, 2.45) is 0 Å². The Balaban J connectivity index is 1.89. The molecule has 2 aromatic rings. The van der Waals surface area contributed by atoms with Crippen LogP contribution in [0.2, 0.25) is 5.02 Å². The average molecular weight is 309 g/mol. The first-order valence-electron chi connectivity index (χ1n) is 6.21. The van der Waals surface area contributed by atoms with Crippen LogP contribution in [0, 0.1) is 5.82 Å². The zero-order valence-corrected chi connectivity index (χ0v) is 12.1. The van der Waals surface area contributed by atoms with E-state index in [0.717, 1.165) is 0 Å². The predicted octanol–water partition coefficient (Wildman–Crippen LogP) is 3.54. The van der Waals surface area contributed by atoms with Gasteiger partial charge in [-0.1, -0.05) is 11.6 Å². The molecule has 0 saturated carbocycles. The van der Waals surface area contributed by atoms with Gasteiger partial charge in [0, 0.05) is 11.4 Å². The number of benzene rings is 2. The first-order valence-corrected chi connectivity index (χ1v) is 6.59. The van der Waals surface area contributed by atoms with Gasteiger partial charge in [0.05, 0.1) is 18.7 Å². The van der Waals surface area contributed by atoms with Crippen molar-refractivity contribution in [3.63, 3.8) is 0 Å². The molecule has 0 bridgehead atoms. The molecule has 0 atom stereocenters. The largest absolute Gasteiger partial charge is 0.495 e. The molecule has 4 nitrogen and oxygen atoms in total. The molecule has 110 valence electrons. The molecule has 0 aliphatic carbocycles. The maximum Gasteiger partial charge on any atom is 0.243 e. The quantitative estimate of drug-likeness (QED) is 0.888. The number of carbonyl (C=O) groups is 1. The third kappa shape index (κ3) is 4.36. The summed E-state index contributed by atoms with van der Waals surface area (Å²) in [6.07, 6.45) is 0. The summed E-state index contributed by atoms with van der Waals surface area (Å²) in [6, 6.07) is 10.7. The molecule has 0 aliphatic rings. The van der Waals surface area contributed by atoms with E-state index >= 15 is 0 Å². The summed E-state index contributed by atoms with van der Waals surface area (Å²) in [5.41, 5.74) is 1.24. The molecule has 0 spiro atoms. The summed E-state index contributed by atoms with van der Waals surface area (Å²) in [6.45, 7) is 0.0695. The fraction of sp³-hybridized carbons (Fsp3) is 0.133. The Morgan fingerprint density at radius 1 is 1.19 bits per heavy atom. The van der Waals surface area contributed by atoms with Crippen LogP contribution >= 0.6 is 11.6 Å². The molecule has 2 N–H and O–H groups in total. The van der Waals surface area contributed by atoms with Gasteiger partial charge in [-0.3, -0.25) is 4.79 Å². The van der Waals surface area contributed by atoms with Gasteiger partial charge in [0.15, 0.2) is 0 Å². The Morgan fingerprint density at radius 3 is 2.48 bits per heavy atom. The average Bonchev–Trinajstić information content (AvgIpc) is 2.48. The molecule has 0 aromatic heterocycles. The lowest BCUT2D eigenvalue weighted by molar-refractivity contribution is -0.114. The highest BCUT2D eigenvalue weighted by Crippen LogP contribution is 2.27. The lowest BCUT2D eigenvalue weighted by Crippen LogP contribution is -2.21. The second-order valence-corrected chi connectivity index (χ2v) is 4.67. The van der Waals surface area contributed by atoms with E-state index < -0.39 is 0 Å². The van der Waals surface area contributed by atoms with Gasteiger partial charge < -0.3 is 15.4 Å². The van der Waals surface area contributed by atoms with Crippen LogP contribution in [0.25, 0.3) is 0 Å². The number of carbonyl (C=O) groups excluding carboxylic acids is 1. The summed E-state index contributed by atoms with van der Waals surface area (Å²) in [5.74, 6) is -0.0227. The van der Waals surface area contributed by atoms with Crippen LogP contribution in [-0.2, 0) is 4.79 Å². The van der Waals surface area contributed by atoms with Crippen molar-refractivity contribution in [3.05, 3.63) is 53.3 Å². The van der Waals surface area contributed by atoms with E-state index in [1.54, 1.807) is 18.2 Å². The second kappa shape index (κ2) is 6.95. The number of rotatable bonds is 5. The Bertz CT molecular complexity index is 632. The number of halogens is 2. The van der Waals surface area contributed by atoms with Crippen LogP contribution in [0.15, 0.2) is 42.5 Å². The molecule has 21 heavy (non-hydrogen) atoms. The minimum absolute atomic E-state index is 0.0695. The Labute approximate surface area is 126 Å². The highest BCUT2D eigenvalue weighted by molar-refractivity contribution is 6.32. The lowest BCUT2D eigenvalue weighted by atomic mass is 10.3. The van der Waals surface area contributed by atoms with Crippen LogP contribution in [0.1, 0.15) is 0 Å². The summed E-state index contributed by atoms with van der Waals surface area (Å²) in [5, 5.41) is 6.05. The van der Waals surface area contributed by atoms with Gasteiger partial charge in [-0.2, -0.15) is 0 Å². The molecular formula is C15H14ClFN2O2. The molecule has 0 fully saturated rings. The highest BCUT2D eigenvalue weighted by atomic mass is 35.5. The molecule has 0 saturated heterocycles. The van der Waals surface area contributed by atoms with Crippen molar-refractivity contribution in [2.45, 2.75) is 0 Å². The SMILES string of the molecule is COc1ccc(NCC(=O)Nc2ccc(F)cc2)cc1Cl. The van der Waals surface area contributed by atoms with Gasteiger partial charge in [0.25, 0.3) is 0 Å². The van der Waals surface area contributed by atoms with Crippen LogP contribution < -0.4 is 15.4 Å². The number of hydrogen-bond donors (Lipinski definition) is 2. The predicted molar refractivity (Wildman–Crippen MR) is 81.5 cm³/mol. The van der Waals surface area contributed by atoms with E-state index in [9.17, 15) is 9.18 Å². The molecule has 2 rings (SSSR count). The standard InChI is InChI=1S/C15H14ClFN2O2/c1-21-14-7-6-12(8-13(14)16)18-9-15(20)19-11-4-2-10(17)3-5-11/h2-8,18H,9H2,1H3,(H,19,20). The maximum atomic E-state index is 12.7. The minimum Gasteiger partial charge on any atom is -0.495 e. The summed E-state index contributed by atoms with van der Waals surface area (Å²) in [4.78, 5) is 11.8. The Hall–Kier alpha value is -2.27. The number of nitrogens with one attached hydrogen (secondary N) is 2. The third-order valence-electron chi connectivity index (χ3n) is 2.73. The fourth-order valence-corrected chi connectivity index (χ4v) is 1.95. The molecular weight excluding hydrogens is 295 g/mol. The van der Waals surface area contributed by atoms with Gasteiger partial charge >= 0.3 is 0 Å². The van der Waals surface area contributed by atoms with Crippen LogP contribution in [0.3, 0.4) is 0 Å². The van der Waals surface area contributed by atoms with E-state index in [1.165, 1.54) is 31.4 Å². The molecule has 2 aromatic carbocycles. The first-order chi connectivity index (χ1) is 10.1. The number of anilines is 2. The van der Waals surface area contributed by atoms with Crippen molar-refractivity contribution in [2.75, 3.05) is 24.3 Å². The summed E-state index contributed by atoms with van der Waals surface area (Å²) < 4.78 is 17.8. The zero-order chi connectivity index (χ0) is 15.2. The smallest absolute Gasteiger partial charge is 0.243 e. The van der Waals surface area contributed by atoms with Gasteiger partial charge in [-0.05, 0) is 42.5 Å². The Kier molecular flexibility index (Phi) is 5.00. The molecule has 0 unspecified atom stereocenters. The van der Waals surface area contributed by atoms with E-state index in [0.29, 0.717) is 22.1 Å². The van der Waals surface area contributed by atoms with E-state index in [-0.39, 0.29) is 18.3 Å². The van der Waals surface area contributed by atoms with Crippen molar-refractivity contribution in [1.29, 1.82) is 0 Å². The number of amides is 1. The van der Waals surface area contributed by atoms with Crippen LogP contribution in [-0.4, -0.2) is 19.6 Å². The van der Waals surface area contributed by atoms with Gasteiger partial charge in [-0.25, -0.2) is 4.39 Å². The van der Waals surface area contributed by atoms with Crippen molar-refractivity contribution < 1.29 is 13.9 Å². The number of hydrogen-bond acceptors (Lipinski definition) is 3. The highest BCUT2D eigenvalue weighted by Gasteiger charge is 2.05. The third-order valence-corrected chi connectivity index (χ3v) is 3.03.